The second-order valence-electron chi connectivity index (χ2n) is 6.79. The molecule has 0 fully saturated rings. The van der Waals surface area contributed by atoms with Crippen LogP contribution in [-0.2, 0) is 13.2 Å². The molecule has 164 valence electrons. The van der Waals surface area contributed by atoms with E-state index in [-0.39, 0.29) is 0 Å². The first kappa shape index (κ1) is 22.5. The highest BCUT2D eigenvalue weighted by molar-refractivity contribution is 5.80. The van der Waals surface area contributed by atoms with Crippen molar-refractivity contribution in [3.05, 3.63) is 82.9 Å². The van der Waals surface area contributed by atoms with Crippen molar-refractivity contribution in [3.63, 3.8) is 0 Å². The summed E-state index contributed by atoms with van der Waals surface area (Å²) >= 11 is 0. The summed E-state index contributed by atoms with van der Waals surface area (Å²) in [6, 6.07) is 20.7. The van der Waals surface area contributed by atoms with Crippen molar-refractivity contribution < 1.29 is 18.9 Å². The first-order valence-corrected chi connectivity index (χ1v) is 9.93. The van der Waals surface area contributed by atoms with Crippen LogP contribution in [-0.4, -0.2) is 27.5 Å². The lowest BCUT2D eigenvalue weighted by Gasteiger charge is -2.11. The molecule has 0 aliphatic heterocycles. The fraction of sp³-hybridized carbons (Fsp3) is 0.200. The number of benzene rings is 3. The summed E-state index contributed by atoms with van der Waals surface area (Å²) in [5, 5.41) is 13.3. The minimum Gasteiger partial charge on any atom is -0.493 e. The molecule has 0 saturated carbocycles. The van der Waals surface area contributed by atoms with Crippen LogP contribution in [0.4, 0.5) is 0 Å². The Morgan fingerprint density at radius 1 is 0.844 bits per heavy atom. The summed E-state index contributed by atoms with van der Waals surface area (Å²) < 4.78 is 21.9. The first-order chi connectivity index (χ1) is 15.7. The molecule has 0 atom stereocenters. The molecule has 3 aromatic carbocycles. The number of methoxy groups -OCH3 is 3. The van der Waals surface area contributed by atoms with Crippen LogP contribution in [0.1, 0.15) is 22.3 Å². The van der Waals surface area contributed by atoms with Gasteiger partial charge >= 0.3 is 0 Å². The van der Waals surface area contributed by atoms with Gasteiger partial charge in [0.25, 0.3) is 0 Å². The molecule has 0 amide bonds. The summed E-state index contributed by atoms with van der Waals surface area (Å²) in [5.41, 5.74) is 6.42. The standard InChI is InChI=1S/C25H25N3O4/c1-29-22-9-7-19(12-24(22)30-2)15-27-28-16-20-8-10-23(25(13-20)31-3)32-17-21-6-4-5-18(11-21)14-26/h4-13,16,27H,15,17H2,1-3H3/b28-16-. The molecule has 32 heavy (non-hydrogen) atoms. The minimum atomic E-state index is 0.339. The molecule has 0 heterocycles. The highest BCUT2D eigenvalue weighted by Gasteiger charge is 2.07. The van der Waals surface area contributed by atoms with Crippen LogP contribution in [0.25, 0.3) is 0 Å². The predicted molar refractivity (Wildman–Crippen MR) is 122 cm³/mol. The molecule has 3 aromatic rings. The van der Waals surface area contributed by atoms with E-state index in [2.05, 4.69) is 16.6 Å². The Kier molecular flexibility index (Phi) is 7.93. The maximum Gasteiger partial charge on any atom is 0.161 e. The second kappa shape index (κ2) is 11.3. The topological polar surface area (TPSA) is 85.1 Å². The lowest BCUT2D eigenvalue weighted by atomic mass is 10.1. The summed E-state index contributed by atoms with van der Waals surface area (Å²) in [4.78, 5) is 0. The van der Waals surface area contributed by atoms with Gasteiger partial charge in [-0.05, 0) is 59.2 Å². The zero-order chi connectivity index (χ0) is 22.8. The number of hydrogen-bond acceptors (Lipinski definition) is 7. The second-order valence-corrected chi connectivity index (χ2v) is 6.79. The summed E-state index contributed by atoms with van der Waals surface area (Å²) in [5.74, 6) is 2.58. The van der Waals surface area contributed by atoms with Gasteiger partial charge in [-0.25, -0.2) is 0 Å². The van der Waals surface area contributed by atoms with Crippen molar-refractivity contribution >= 4 is 6.21 Å². The average Bonchev–Trinajstić information content (AvgIpc) is 2.85. The van der Waals surface area contributed by atoms with Gasteiger partial charge in [0, 0.05) is 0 Å². The van der Waals surface area contributed by atoms with Crippen LogP contribution >= 0.6 is 0 Å². The number of rotatable bonds is 10. The molecule has 0 unspecified atom stereocenters. The average molecular weight is 431 g/mol. The van der Waals surface area contributed by atoms with Crippen LogP contribution in [0, 0.1) is 11.3 Å². The van der Waals surface area contributed by atoms with E-state index in [9.17, 15) is 0 Å². The number of hydrogen-bond donors (Lipinski definition) is 1. The lowest BCUT2D eigenvalue weighted by molar-refractivity contribution is 0.284. The highest BCUT2D eigenvalue weighted by Crippen LogP contribution is 2.29. The summed E-state index contributed by atoms with van der Waals surface area (Å²) in [7, 11) is 4.81. The first-order valence-electron chi connectivity index (χ1n) is 9.93. The maximum absolute atomic E-state index is 9.02. The third kappa shape index (κ3) is 5.92. The molecule has 3 rings (SSSR count). The minimum absolute atomic E-state index is 0.339. The van der Waals surface area contributed by atoms with E-state index in [0.717, 1.165) is 16.7 Å². The van der Waals surface area contributed by atoms with Crippen LogP contribution in [0.3, 0.4) is 0 Å². The summed E-state index contributed by atoms with van der Waals surface area (Å²) in [6.45, 7) is 0.878. The van der Waals surface area contributed by atoms with Crippen molar-refractivity contribution in [1.82, 2.24) is 5.43 Å². The van der Waals surface area contributed by atoms with Crippen molar-refractivity contribution in [2.75, 3.05) is 21.3 Å². The Balaban J connectivity index is 1.59. The van der Waals surface area contributed by atoms with Gasteiger partial charge in [-0.15, -0.1) is 0 Å². The van der Waals surface area contributed by atoms with Crippen LogP contribution in [0.2, 0.25) is 0 Å². The monoisotopic (exact) mass is 431 g/mol. The molecular weight excluding hydrogens is 406 g/mol. The van der Waals surface area contributed by atoms with Gasteiger partial charge in [0.2, 0.25) is 0 Å². The van der Waals surface area contributed by atoms with E-state index in [0.29, 0.717) is 41.7 Å². The SMILES string of the molecule is COc1ccc(CN/N=C\c2ccc(OCc3cccc(C#N)c3)c(OC)c2)cc1OC. The van der Waals surface area contributed by atoms with Gasteiger partial charge < -0.3 is 24.4 Å². The lowest BCUT2D eigenvalue weighted by Crippen LogP contribution is -2.06. The Labute approximate surface area is 187 Å². The van der Waals surface area contributed by atoms with E-state index in [4.69, 9.17) is 24.2 Å². The van der Waals surface area contributed by atoms with E-state index in [1.807, 2.05) is 48.5 Å². The maximum atomic E-state index is 9.02. The Bertz CT molecular complexity index is 1120. The number of ether oxygens (including phenoxy) is 4. The molecule has 0 bridgehead atoms. The Morgan fingerprint density at radius 2 is 1.59 bits per heavy atom. The smallest absolute Gasteiger partial charge is 0.161 e. The van der Waals surface area contributed by atoms with Crippen molar-refractivity contribution in [3.8, 4) is 29.1 Å². The number of nitrogens with zero attached hydrogens (tertiary/aromatic N) is 2. The molecule has 0 saturated heterocycles. The van der Waals surface area contributed by atoms with Crippen molar-refractivity contribution in [2.45, 2.75) is 13.2 Å². The normalized spacial score (nSPS) is 10.4. The van der Waals surface area contributed by atoms with Crippen LogP contribution in [0.5, 0.6) is 23.0 Å². The molecule has 0 aromatic heterocycles. The largest absolute Gasteiger partial charge is 0.493 e. The highest BCUT2D eigenvalue weighted by atomic mass is 16.5. The van der Waals surface area contributed by atoms with Gasteiger partial charge in [0.05, 0.1) is 45.7 Å². The molecule has 0 radical (unpaired) electrons. The Hall–Kier alpha value is -4.18. The Morgan fingerprint density at radius 3 is 2.34 bits per heavy atom. The molecular formula is C25H25N3O4. The predicted octanol–water partition coefficient (Wildman–Crippen LogP) is 4.29. The van der Waals surface area contributed by atoms with Gasteiger partial charge in [0.1, 0.15) is 6.61 Å². The van der Waals surface area contributed by atoms with E-state index >= 15 is 0 Å². The summed E-state index contributed by atoms with van der Waals surface area (Å²) in [6.07, 6.45) is 1.71. The van der Waals surface area contributed by atoms with Gasteiger partial charge in [-0.3, -0.25) is 0 Å². The van der Waals surface area contributed by atoms with Gasteiger partial charge in [-0.2, -0.15) is 10.4 Å². The third-order valence-corrected chi connectivity index (χ3v) is 4.67. The zero-order valence-corrected chi connectivity index (χ0v) is 18.3. The van der Waals surface area contributed by atoms with E-state index < -0.39 is 0 Å². The molecule has 0 aliphatic carbocycles. The molecule has 0 aliphatic rings. The van der Waals surface area contributed by atoms with Crippen LogP contribution < -0.4 is 24.4 Å². The van der Waals surface area contributed by atoms with E-state index in [1.165, 1.54) is 0 Å². The molecule has 1 N–H and O–H groups in total. The van der Waals surface area contributed by atoms with Crippen LogP contribution in [0.15, 0.2) is 65.8 Å². The van der Waals surface area contributed by atoms with Crippen molar-refractivity contribution in [2.24, 2.45) is 5.10 Å². The van der Waals surface area contributed by atoms with Gasteiger partial charge in [-0.1, -0.05) is 18.2 Å². The number of hydrazone groups is 1. The number of nitriles is 1. The molecule has 7 heteroatoms. The fourth-order valence-electron chi connectivity index (χ4n) is 3.02. The fourth-order valence-corrected chi connectivity index (χ4v) is 3.02. The third-order valence-electron chi connectivity index (χ3n) is 4.67. The zero-order valence-electron chi connectivity index (χ0n) is 18.3. The van der Waals surface area contributed by atoms with Crippen molar-refractivity contribution in [1.29, 1.82) is 5.26 Å². The molecule has 7 nitrogen and oxygen atoms in total. The quantitative estimate of drug-likeness (QED) is 0.381. The van der Waals surface area contributed by atoms with E-state index in [1.54, 1.807) is 39.7 Å². The van der Waals surface area contributed by atoms with Gasteiger partial charge in [0.15, 0.2) is 23.0 Å². The number of nitrogens with one attached hydrogen (secondary N) is 1. The molecule has 0 spiro atoms.